The third-order valence-corrected chi connectivity index (χ3v) is 7.45. The van der Waals surface area contributed by atoms with E-state index in [1.54, 1.807) is 72.8 Å². The number of benzene rings is 3. The van der Waals surface area contributed by atoms with Gasteiger partial charge in [0, 0.05) is 0 Å². The Morgan fingerprint density at radius 1 is 0.400 bits per heavy atom. The number of barbiturate groups is 2. The predicted molar refractivity (Wildman–Crippen MR) is 142 cm³/mol. The Balaban J connectivity index is 1.56. The molecule has 0 atom stereocenters. The summed E-state index contributed by atoms with van der Waals surface area (Å²) in [4.78, 5) is 77.2. The van der Waals surface area contributed by atoms with Gasteiger partial charge in [0.15, 0.2) is 0 Å². The fraction of sp³-hybridized carbons (Fsp3) is 0.200. The molecule has 3 aromatic rings. The summed E-state index contributed by atoms with van der Waals surface area (Å²) < 4.78 is 0. The summed E-state index contributed by atoms with van der Waals surface area (Å²) >= 11 is 0. The molecule has 8 amide bonds. The zero-order valence-corrected chi connectivity index (χ0v) is 21.4. The van der Waals surface area contributed by atoms with E-state index in [2.05, 4.69) is 21.3 Å². The van der Waals surface area contributed by atoms with Crippen LogP contribution in [0, 0.1) is 10.8 Å². The van der Waals surface area contributed by atoms with E-state index >= 15 is 0 Å². The van der Waals surface area contributed by atoms with E-state index in [0.29, 0.717) is 22.3 Å². The van der Waals surface area contributed by atoms with Crippen molar-refractivity contribution in [1.29, 1.82) is 0 Å². The van der Waals surface area contributed by atoms with Crippen molar-refractivity contribution in [3.63, 3.8) is 0 Å². The summed E-state index contributed by atoms with van der Waals surface area (Å²) in [5.41, 5.74) is -0.837. The lowest BCUT2D eigenvalue weighted by Crippen LogP contribution is -2.64. The Morgan fingerprint density at radius 3 is 1.02 bits per heavy atom. The Kier molecular flexibility index (Phi) is 7.00. The highest BCUT2D eigenvalue weighted by atomic mass is 16.2. The number of urea groups is 2. The van der Waals surface area contributed by atoms with Crippen LogP contribution in [0.2, 0.25) is 0 Å². The van der Waals surface area contributed by atoms with Crippen molar-refractivity contribution in [3.8, 4) is 0 Å². The van der Waals surface area contributed by atoms with Crippen LogP contribution < -0.4 is 21.3 Å². The number of carbonyl (C=O) groups excluding carboxylic acids is 6. The number of carbonyl (C=O) groups is 6. The molecule has 202 valence electrons. The first-order chi connectivity index (χ1) is 19.2. The van der Waals surface area contributed by atoms with Crippen molar-refractivity contribution in [2.45, 2.75) is 25.7 Å². The van der Waals surface area contributed by atoms with E-state index in [9.17, 15) is 28.8 Å². The van der Waals surface area contributed by atoms with Gasteiger partial charge in [-0.3, -0.25) is 40.4 Å². The lowest BCUT2D eigenvalue weighted by molar-refractivity contribution is -0.146. The molecule has 0 bridgehead atoms. The molecule has 4 N–H and O–H groups in total. The highest BCUT2D eigenvalue weighted by Gasteiger charge is 2.53. The molecule has 10 heteroatoms. The summed E-state index contributed by atoms with van der Waals surface area (Å²) in [5.74, 6) is -2.95. The molecule has 0 aromatic heterocycles. The molecular weight excluding hydrogens is 512 g/mol. The molecular formula is C30H26N4O6. The van der Waals surface area contributed by atoms with Gasteiger partial charge >= 0.3 is 12.1 Å². The number of rotatable bonds is 8. The second-order valence-electron chi connectivity index (χ2n) is 10.1. The summed E-state index contributed by atoms with van der Waals surface area (Å²) in [7, 11) is 0. The number of amides is 8. The molecule has 10 nitrogen and oxygen atoms in total. The first kappa shape index (κ1) is 26.5. The first-order valence-corrected chi connectivity index (χ1v) is 12.7. The molecule has 2 aliphatic heterocycles. The number of hydrogen-bond acceptors (Lipinski definition) is 6. The van der Waals surface area contributed by atoms with Gasteiger partial charge in [0.05, 0.1) is 0 Å². The summed E-state index contributed by atoms with van der Waals surface area (Å²) in [6.45, 7) is 0. The Labute approximate surface area is 229 Å². The molecule has 2 aliphatic rings. The Bertz CT molecular complexity index is 1360. The molecule has 0 radical (unpaired) electrons. The molecule has 0 unspecified atom stereocenters. The van der Waals surface area contributed by atoms with Crippen LogP contribution in [0.3, 0.4) is 0 Å². The van der Waals surface area contributed by atoms with Gasteiger partial charge in [-0.15, -0.1) is 0 Å². The third-order valence-electron chi connectivity index (χ3n) is 7.45. The molecule has 0 aliphatic carbocycles. The highest BCUT2D eigenvalue weighted by molar-refractivity contribution is 6.20. The summed E-state index contributed by atoms with van der Waals surface area (Å²) in [5, 5.41) is 8.90. The zero-order valence-electron chi connectivity index (χ0n) is 21.4. The lowest BCUT2D eigenvalue weighted by Gasteiger charge is -2.36. The van der Waals surface area contributed by atoms with Gasteiger partial charge in [-0.2, -0.15) is 0 Å². The van der Waals surface area contributed by atoms with Crippen molar-refractivity contribution < 1.29 is 28.8 Å². The van der Waals surface area contributed by atoms with Gasteiger partial charge in [-0.1, -0.05) is 84.9 Å². The summed E-state index contributed by atoms with van der Waals surface area (Å²) in [6.07, 6.45) is -0.186. The van der Waals surface area contributed by atoms with Crippen LogP contribution in [0.1, 0.15) is 22.3 Å². The molecule has 2 saturated heterocycles. The van der Waals surface area contributed by atoms with Gasteiger partial charge in [0.2, 0.25) is 23.6 Å². The van der Waals surface area contributed by atoms with Crippen molar-refractivity contribution in [2.75, 3.05) is 0 Å². The van der Waals surface area contributed by atoms with Crippen LogP contribution >= 0.6 is 0 Å². The van der Waals surface area contributed by atoms with Gasteiger partial charge in [-0.25, -0.2) is 9.59 Å². The van der Waals surface area contributed by atoms with E-state index in [0.717, 1.165) is 0 Å². The quantitative estimate of drug-likeness (QED) is 0.322. The molecule has 2 heterocycles. The minimum atomic E-state index is -1.68. The molecule has 5 rings (SSSR count). The second kappa shape index (κ2) is 10.6. The van der Waals surface area contributed by atoms with Gasteiger partial charge in [0.1, 0.15) is 10.8 Å². The average molecular weight is 539 g/mol. The maximum Gasteiger partial charge on any atom is 0.328 e. The molecule has 0 spiro atoms. The normalized spacial score (nSPS) is 17.9. The van der Waals surface area contributed by atoms with E-state index in [-0.39, 0.29) is 25.7 Å². The van der Waals surface area contributed by atoms with Crippen molar-refractivity contribution in [3.05, 3.63) is 107 Å². The van der Waals surface area contributed by atoms with Crippen molar-refractivity contribution in [1.82, 2.24) is 21.3 Å². The van der Waals surface area contributed by atoms with Crippen LogP contribution in [-0.4, -0.2) is 35.7 Å². The first-order valence-electron chi connectivity index (χ1n) is 12.7. The number of nitrogens with one attached hydrogen (secondary N) is 4. The topological polar surface area (TPSA) is 151 Å². The largest absolute Gasteiger partial charge is 0.328 e. The Morgan fingerprint density at radius 2 is 0.700 bits per heavy atom. The van der Waals surface area contributed by atoms with E-state index < -0.39 is 46.5 Å². The summed E-state index contributed by atoms with van der Waals surface area (Å²) in [6, 6.07) is 23.0. The van der Waals surface area contributed by atoms with E-state index in [1.165, 1.54) is 0 Å². The minimum absolute atomic E-state index is 0.0117. The predicted octanol–water partition coefficient (Wildman–Crippen LogP) is 1.96. The molecule has 0 saturated carbocycles. The van der Waals surface area contributed by atoms with Crippen LogP contribution in [-0.2, 0) is 44.9 Å². The number of imide groups is 4. The van der Waals surface area contributed by atoms with E-state index in [4.69, 9.17) is 0 Å². The van der Waals surface area contributed by atoms with Crippen molar-refractivity contribution >= 4 is 35.7 Å². The second-order valence-corrected chi connectivity index (χ2v) is 10.1. The maximum atomic E-state index is 13.3. The van der Waals surface area contributed by atoms with E-state index in [1.807, 2.05) is 12.1 Å². The Hall–Kier alpha value is -5.12. The standard InChI is InChI=1S/C30H26N4O6/c35-23-29(24(36)32-27(39)31-23,15-19-9-3-1-4-10-19)17-21-13-7-8-14-22(21)18-30(16-20-11-5-2-6-12-20)25(37)33-28(40)34-26(30)38/h1-14H,15-18H2,(H2,31,32,35,36,39)(H2,33,34,37,38,40). The molecule has 40 heavy (non-hydrogen) atoms. The molecule has 2 fully saturated rings. The SMILES string of the molecule is O=C1NC(=O)C(Cc2ccccc2)(Cc2ccccc2CC2(Cc3ccccc3)C(=O)NC(=O)NC2=O)C(=O)N1. The third kappa shape index (κ3) is 4.98. The maximum absolute atomic E-state index is 13.3. The van der Waals surface area contributed by atoms with Crippen LogP contribution in [0.15, 0.2) is 84.9 Å². The lowest BCUT2D eigenvalue weighted by atomic mass is 9.70. The monoisotopic (exact) mass is 538 g/mol. The highest BCUT2D eigenvalue weighted by Crippen LogP contribution is 2.36. The fourth-order valence-electron chi connectivity index (χ4n) is 5.37. The van der Waals surface area contributed by atoms with Crippen LogP contribution in [0.25, 0.3) is 0 Å². The van der Waals surface area contributed by atoms with Crippen LogP contribution in [0.5, 0.6) is 0 Å². The molecule has 3 aromatic carbocycles. The smallest absolute Gasteiger partial charge is 0.277 e. The zero-order chi connectivity index (χ0) is 28.3. The van der Waals surface area contributed by atoms with Crippen LogP contribution in [0.4, 0.5) is 9.59 Å². The van der Waals surface area contributed by atoms with Gasteiger partial charge in [-0.05, 0) is 47.9 Å². The average Bonchev–Trinajstić information content (AvgIpc) is 2.92. The minimum Gasteiger partial charge on any atom is -0.277 e. The van der Waals surface area contributed by atoms with Crippen molar-refractivity contribution in [2.24, 2.45) is 10.8 Å². The fourth-order valence-corrected chi connectivity index (χ4v) is 5.37. The number of hydrogen-bond donors (Lipinski definition) is 4. The van der Waals surface area contributed by atoms with Gasteiger partial charge in [0.25, 0.3) is 0 Å². The van der Waals surface area contributed by atoms with Gasteiger partial charge < -0.3 is 0 Å².